The smallest absolute Gasteiger partial charge is 0.303 e. The third kappa shape index (κ3) is 8.20. The lowest BCUT2D eigenvalue weighted by Crippen LogP contribution is -2.66. The van der Waals surface area contributed by atoms with E-state index in [-0.39, 0.29) is 11.7 Å². The fourth-order valence-corrected chi connectivity index (χ4v) is 5.41. The zero-order valence-corrected chi connectivity index (χ0v) is 25.5. The third-order valence-electron chi connectivity index (χ3n) is 7.96. The predicted octanol–water partition coefficient (Wildman–Crippen LogP) is 3.98. The van der Waals surface area contributed by atoms with E-state index in [2.05, 4.69) is 6.92 Å². The molecule has 1 unspecified atom stereocenters. The maximum absolute atomic E-state index is 12.7. The highest BCUT2D eigenvalue weighted by Gasteiger charge is 2.60. The summed E-state index contributed by atoms with van der Waals surface area (Å²) in [6, 6.07) is 11.1. The van der Waals surface area contributed by atoms with Crippen LogP contribution < -0.4 is 4.74 Å². The Labute approximate surface area is 268 Å². The van der Waals surface area contributed by atoms with Crippen LogP contribution in [0.2, 0.25) is 0 Å². The van der Waals surface area contributed by atoms with E-state index in [1.807, 2.05) is 31.2 Å². The van der Waals surface area contributed by atoms with Gasteiger partial charge < -0.3 is 33.5 Å². The lowest BCUT2D eigenvalue weighted by molar-refractivity contribution is -0.360. The van der Waals surface area contributed by atoms with Crippen molar-refractivity contribution >= 4 is 23.9 Å². The largest absolute Gasteiger partial charge is 0.490 e. The van der Waals surface area contributed by atoms with E-state index in [1.54, 1.807) is 6.07 Å². The first kappa shape index (κ1) is 28.5. The molecule has 4 rings (SSSR count). The van der Waals surface area contributed by atoms with E-state index in [0.717, 1.165) is 42.4 Å². The minimum absolute atomic E-state index is 0.00982. The first-order valence-electron chi connectivity index (χ1n) is 17.5. The van der Waals surface area contributed by atoms with E-state index >= 15 is 0 Å². The molecule has 1 saturated carbocycles. The molecule has 2 fully saturated rings. The van der Waals surface area contributed by atoms with Crippen LogP contribution >= 0.6 is 0 Å². The number of carbonyl (C=O) groups is 4. The molecule has 1 aliphatic heterocycles. The van der Waals surface area contributed by atoms with Crippen LogP contribution in [0, 0.1) is 6.92 Å². The Morgan fingerprint density at radius 1 is 0.911 bits per heavy atom. The minimum atomic E-state index is -2.70. The molecule has 0 radical (unpaired) electrons. The van der Waals surface area contributed by atoms with Crippen molar-refractivity contribution < 1.29 is 58.2 Å². The Hall–Kier alpha value is -3.96. The first-order valence-corrected chi connectivity index (χ1v) is 14.7. The highest BCUT2D eigenvalue weighted by atomic mass is 16.7. The second kappa shape index (κ2) is 14.4. The van der Waals surface area contributed by atoms with Crippen molar-refractivity contribution in [2.24, 2.45) is 0 Å². The molecule has 2 aliphatic rings. The summed E-state index contributed by atoms with van der Waals surface area (Å²) in [5, 5.41) is 12.6. The molecule has 0 aromatic heterocycles. The third-order valence-corrected chi connectivity index (χ3v) is 7.96. The second-order valence-electron chi connectivity index (χ2n) is 11.1. The monoisotopic (exact) mass is 630 g/mol. The predicted molar refractivity (Wildman–Crippen MR) is 160 cm³/mol. The normalized spacial score (nSPS) is 25.8. The van der Waals surface area contributed by atoms with Gasteiger partial charge in [-0.2, -0.15) is 0 Å². The SMILES string of the molecule is [2H]CC(=O)OC[C@H]1OC(O)(c2cc(Cc3ccc(CC)cc3)c(C)c(OC3CCC3)c2)[C@H](OC(=O)C[2H])[C@@H](OC(=O)C[2H])[C@@H]1OC(=O)C[2H]. The van der Waals surface area contributed by atoms with E-state index in [4.69, 9.17) is 33.9 Å². The van der Waals surface area contributed by atoms with Crippen LogP contribution in [0.1, 0.15) is 87.1 Å². The topological polar surface area (TPSA) is 144 Å². The summed E-state index contributed by atoms with van der Waals surface area (Å²) in [6.07, 6.45) is -3.36. The van der Waals surface area contributed by atoms with Crippen molar-refractivity contribution in [2.75, 3.05) is 6.61 Å². The fraction of sp³-hybridized carbons (Fsp3) is 0.529. The molecular weight excluding hydrogens is 584 g/mol. The fourth-order valence-electron chi connectivity index (χ4n) is 5.41. The number of rotatable bonds is 11. The van der Waals surface area contributed by atoms with Crippen molar-refractivity contribution in [3.8, 4) is 5.75 Å². The van der Waals surface area contributed by atoms with Crippen molar-refractivity contribution in [1.29, 1.82) is 0 Å². The van der Waals surface area contributed by atoms with E-state index in [0.29, 0.717) is 17.7 Å². The van der Waals surface area contributed by atoms with Gasteiger partial charge in [0.05, 0.1) is 6.10 Å². The molecule has 0 spiro atoms. The van der Waals surface area contributed by atoms with Crippen molar-refractivity contribution in [1.82, 2.24) is 0 Å². The Morgan fingerprint density at radius 3 is 2.13 bits per heavy atom. The van der Waals surface area contributed by atoms with Crippen LogP contribution in [0.3, 0.4) is 0 Å². The van der Waals surface area contributed by atoms with E-state index in [9.17, 15) is 24.3 Å². The minimum Gasteiger partial charge on any atom is -0.490 e. The molecule has 45 heavy (non-hydrogen) atoms. The summed E-state index contributed by atoms with van der Waals surface area (Å²) < 4.78 is 63.9. The highest BCUT2D eigenvalue weighted by Crippen LogP contribution is 2.43. The number of aliphatic hydroxyl groups is 1. The Kier molecular flexibility index (Phi) is 9.14. The number of carbonyl (C=O) groups excluding carboxylic acids is 4. The van der Waals surface area contributed by atoms with Gasteiger partial charge in [0.25, 0.3) is 0 Å². The summed E-state index contributed by atoms with van der Waals surface area (Å²) in [5.41, 5.74) is 3.57. The van der Waals surface area contributed by atoms with E-state index in [1.165, 1.54) is 6.07 Å². The van der Waals surface area contributed by atoms with Gasteiger partial charge in [0, 0.05) is 38.6 Å². The number of hydrogen-bond acceptors (Lipinski definition) is 11. The molecule has 2 aromatic rings. The van der Waals surface area contributed by atoms with Crippen molar-refractivity contribution in [3.05, 3.63) is 64.2 Å². The first-order chi connectivity index (χ1) is 23.5. The number of benzene rings is 2. The highest BCUT2D eigenvalue weighted by molar-refractivity contribution is 5.69. The summed E-state index contributed by atoms with van der Waals surface area (Å²) in [4.78, 5) is 49.7. The lowest BCUT2D eigenvalue weighted by atomic mass is 9.85. The molecule has 244 valence electrons. The average Bonchev–Trinajstić information content (AvgIpc) is 3.09. The Bertz CT molecular complexity index is 1480. The summed E-state index contributed by atoms with van der Waals surface area (Å²) in [6.45, 7) is -0.243. The standard InChI is InChI=1S/C34H42O11/c1-7-24-11-13-25(14-12-24)15-26-16-27(17-29(19(26)2)44-28-9-8-10-28)34(39)33(43-23(6)38)32(42-22(5)37)31(41-21(4)36)30(45-34)18-40-20(3)35/h11-14,16-17,28,30-33,39H,7-10,15,18H2,1-6H3/t30-,31-,32+,33-,34?/m1/s1/i3D,4D,5D,6D. The van der Waals surface area contributed by atoms with Gasteiger partial charge in [0.1, 0.15) is 18.5 Å². The van der Waals surface area contributed by atoms with Gasteiger partial charge in [-0.25, -0.2) is 0 Å². The molecule has 11 heteroatoms. The van der Waals surface area contributed by atoms with Gasteiger partial charge >= 0.3 is 23.9 Å². The second-order valence-corrected chi connectivity index (χ2v) is 11.1. The zero-order valence-electron chi connectivity index (χ0n) is 29.5. The molecule has 0 amide bonds. The number of esters is 4. The number of ether oxygens (including phenoxy) is 6. The Morgan fingerprint density at radius 2 is 1.53 bits per heavy atom. The summed E-state index contributed by atoms with van der Waals surface area (Å²) in [7, 11) is 0. The van der Waals surface area contributed by atoms with Crippen LogP contribution in [-0.2, 0) is 61.5 Å². The van der Waals surface area contributed by atoms with Gasteiger partial charge in [0.2, 0.25) is 11.9 Å². The van der Waals surface area contributed by atoms with Crippen LogP contribution in [0.4, 0.5) is 0 Å². The van der Waals surface area contributed by atoms with Crippen LogP contribution in [-0.4, -0.2) is 66.1 Å². The van der Waals surface area contributed by atoms with E-state index < -0.39 is 88.3 Å². The van der Waals surface area contributed by atoms with Gasteiger partial charge in [-0.3, -0.25) is 19.2 Å². The summed E-state index contributed by atoms with van der Waals surface area (Å²) >= 11 is 0. The molecule has 1 N–H and O–H groups in total. The summed E-state index contributed by atoms with van der Waals surface area (Å²) in [5.74, 6) is -6.70. The quantitative estimate of drug-likeness (QED) is 0.284. The molecule has 1 heterocycles. The maximum Gasteiger partial charge on any atom is 0.303 e. The molecule has 0 bridgehead atoms. The van der Waals surface area contributed by atoms with Crippen molar-refractivity contribution in [2.45, 2.75) is 110 Å². The van der Waals surface area contributed by atoms with Gasteiger partial charge in [-0.1, -0.05) is 31.2 Å². The van der Waals surface area contributed by atoms with Crippen molar-refractivity contribution in [3.63, 3.8) is 0 Å². The molecular formula is C34H42O11. The molecule has 2 aromatic carbocycles. The average molecular weight is 631 g/mol. The van der Waals surface area contributed by atoms with Gasteiger partial charge in [-0.05, 0) is 73.4 Å². The van der Waals surface area contributed by atoms with Gasteiger partial charge in [0.15, 0.2) is 12.2 Å². The molecule has 11 nitrogen and oxygen atoms in total. The van der Waals surface area contributed by atoms with Crippen LogP contribution in [0.5, 0.6) is 5.75 Å². The van der Waals surface area contributed by atoms with Crippen LogP contribution in [0.15, 0.2) is 36.4 Å². The Balaban J connectivity index is 1.91. The molecule has 1 saturated heterocycles. The number of hydrogen-bond donors (Lipinski definition) is 1. The van der Waals surface area contributed by atoms with Gasteiger partial charge in [-0.15, -0.1) is 0 Å². The zero-order chi connectivity index (χ0) is 35.7. The van der Waals surface area contributed by atoms with Crippen LogP contribution in [0.25, 0.3) is 0 Å². The molecule has 1 aliphatic carbocycles. The lowest BCUT2D eigenvalue weighted by Gasteiger charge is -2.48. The number of aryl methyl sites for hydroxylation is 1. The molecule has 5 atom stereocenters. The maximum atomic E-state index is 12.7.